The highest BCUT2D eigenvalue weighted by Crippen LogP contribution is 2.39. The van der Waals surface area contributed by atoms with Crippen molar-refractivity contribution in [2.75, 3.05) is 0 Å². The van der Waals surface area contributed by atoms with E-state index in [4.69, 9.17) is 0 Å². The molecule has 0 radical (unpaired) electrons. The van der Waals surface area contributed by atoms with Gasteiger partial charge in [0, 0.05) is 25.9 Å². The first kappa shape index (κ1) is 30.7. The third-order valence-corrected chi connectivity index (χ3v) is 7.22. The van der Waals surface area contributed by atoms with E-state index in [2.05, 4.69) is 46.0 Å². The van der Waals surface area contributed by atoms with Crippen LogP contribution in [0.2, 0.25) is 0 Å². The predicted molar refractivity (Wildman–Crippen MR) is 155 cm³/mol. The second-order valence-corrected chi connectivity index (χ2v) is 10.9. The lowest BCUT2D eigenvalue weighted by Gasteiger charge is -2.13. The lowest BCUT2D eigenvalue weighted by molar-refractivity contribution is -0.119. The number of rotatable bonds is 7. The molecule has 3 nitrogen and oxygen atoms in total. The molecule has 0 aromatic heterocycles. The molecule has 1 aliphatic heterocycles. The molecule has 1 amide bonds. The first-order valence-corrected chi connectivity index (χ1v) is 14.4. The first-order chi connectivity index (χ1) is 17.7. The van der Waals surface area contributed by atoms with E-state index in [1.165, 1.54) is 18.4 Å². The molecule has 2 fully saturated rings. The fourth-order valence-corrected chi connectivity index (χ4v) is 5.24. The van der Waals surface area contributed by atoms with Crippen molar-refractivity contribution < 1.29 is 15.4 Å². The van der Waals surface area contributed by atoms with Crippen LogP contribution in [0.25, 0.3) is 0 Å². The predicted octanol–water partition coefficient (Wildman–Crippen LogP) is 8.75. The number of hydrogen-bond donors (Lipinski definition) is 1. The Kier molecular flexibility index (Phi) is 13.0. The standard InChI is InChI=1S/C24H29FO.C6H11NO.C3H8.H2/c1-4-5-19-12-17(3)7-10-22(19)24(26)15-18-8-11-21(23(25)14-18)20-9-6-16(2)13-20;1-2-5-3-4-6(8)7-5;1-3-2;/h7-8,10-12,14,16,20H,4-6,9,13,15H2,1-3H3;5H,2-4H2,1H3,(H,7,8);3H2,1-2H3;1H/t16-,20?;5-;;/m11../s1. The van der Waals surface area contributed by atoms with Gasteiger partial charge in [-0.25, -0.2) is 4.39 Å². The summed E-state index contributed by atoms with van der Waals surface area (Å²) in [5.74, 6) is 1.17. The Balaban J connectivity index is 0.000000505. The Morgan fingerprint density at radius 1 is 1.05 bits per heavy atom. The Labute approximate surface area is 226 Å². The fraction of sp³-hybridized carbons (Fsp3) is 0.576. The topological polar surface area (TPSA) is 46.2 Å². The van der Waals surface area contributed by atoms with Gasteiger partial charge in [-0.05, 0) is 73.6 Å². The molecule has 0 spiro atoms. The van der Waals surface area contributed by atoms with Crippen LogP contribution in [0, 0.1) is 18.7 Å². The third-order valence-electron chi connectivity index (χ3n) is 7.22. The van der Waals surface area contributed by atoms with Gasteiger partial charge < -0.3 is 5.32 Å². The zero-order chi connectivity index (χ0) is 27.4. The van der Waals surface area contributed by atoms with Gasteiger partial charge in [0.05, 0.1) is 0 Å². The molecule has 206 valence electrons. The lowest BCUT2D eigenvalue weighted by Crippen LogP contribution is -2.23. The number of nitrogens with one attached hydrogen (secondary N) is 1. The Hall–Kier alpha value is -2.49. The molecule has 2 aromatic rings. The van der Waals surface area contributed by atoms with Crippen LogP contribution in [-0.4, -0.2) is 17.7 Å². The van der Waals surface area contributed by atoms with Crippen molar-refractivity contribution in [3.05, 3.63) is 70.0 Å². The molecule has 3 atom stereocenters. The number of halogens is 1. The van der Waals surface area contributed by atoms with Crippen molar-refractivity contribution in [2.24, 2.45) is 5.92 Å². The molecular formula is C33H50FNO2. The van der Waals surface area contributed by atoms with Gasteiger partial charge in [0.1, 0.15) is 5.82 Å². The van der Waals surface area contributed by atoms with E-state index in [1.807, 2.05) is 31.2 Å². The zero-order valence-corrected chi connectivity index (χ0v) is 24.0. The molecule has 1 saturated carbocycles. The summed E-state index contributed by atoms with van der Waals surface area (Å²) in [6.45, 7) is 12.7. The van der Waals surface area contributed by atoms with Crippen LogP contribution >= 0.6 is 0 Å². The molecule has 1 heterocycles. The lowest BCUT2D eigenvalue weighted by atomic mass is 9.92. The summed E-state index contributed by atoms with van der Waals surface area (Å²) in [5, 5.41) is 2.86. The molecule has 0 bridgehead atoms. The second-order valence-electron chi connectivity index (χ2n) is 10.9. The summed E-state index contributed by atoms with van der Waals surface area (Å²) >= 11 is 0. The molecule has 1 saturated heterocycles. The third kappa shape index (κ3) is 9.72. The van der Waals surface area contributed by atoms with Gasteiger partial charge in [-0.15, -0.1) is 0 Å². The minimum absolute atomic E-state index is 0. The molecule has 4 rings (SSSR count). The highest BCUT2D eigenvalue weighted by Gasteiger charge is 2.25. The summed E-state index contributed by atoms with van der Waals surface area (Å²) < 4.78 is 14.6. The Morgan fingerprint density at radius 3 is 2.30 bits per heavy atom. The maximum atomic E-state index is 14.6. The monoisotopic (exact) mass is 511 g/mol. The van der Waals surface area contributed by atoms with Gasteiger partial charge in [0.25, 0.3) is 0 Å². The van der Waals surface area contributed by atoms with E-state index in [-0.39, 0.29) is 25.4 Å². The Morgan fingerprint density at radius 2 is 1.78 bits per heavy atom. The average molecular weight is 512 g/mol. The van der Waals surface area contributed by atoms with Gasteiger partial charge in [-0.2, -0.15) is 0 Å². The van der Waals surface area contributed by atoms with Gasteiger partial charge in [-0.1, -0.05) is 89.8 Å². The molecule has 37 heavy (non-hydrogen) atoms. The molecular weight excluding hydrogens is 461 g/mol. The number of carbonyl (C=O) groups excluding carboxylic acids is 2. The highest BCUT2D eigenvalue weighted by molar-refractivity contribution is 5.99. The number of benzene rings is 2. The minimum Gasteiger partial charge on any atom is -0.353 e. The minimum atomic E-state index is -0.146. The molecule has 2 aliphatic rings. The maximum absolute atomic E-state index is 14.6. The van der Waals surface area contributed by atoms with Crippen LogP contribution in [0.4, 0.5) is 4.39 Å². The van der Waals surface area contributed by atoms with Crippen molar-refractivity contribution in [2.45, 2.75) is 118 Å². The van der Waals surface area contributed by atoms with E-state index < -0.39 is 0 Å². The Bertz CT molecular complexity index is 1020. The number of carbonyl (C=O) groups is 2. The van der Waals surface area contributed by atoms with E-state index >= 15 is 0 Å². The van der Waals surface area contributed by atoms with E-state index in [9.17, 15) is 14.0 Å². The summed E-state index contributed by atoms with van der Waals surface area (Å²) in [7, 11) is 0. The van der Waals surface area contributed by atoms with Crippen LogP contribution in [-0.2, 0) is 17.6 Å². The summed E-state index contributed by atoms with van der Waals surface area (Å²) in [4.78, 5) is 23.3. The molecule has 1 aliphatic carbocycles. The van der Waals surface area contributed by atoms with Crippen molar-refractivity contribution >= 4 is 11.7 Å². The van der Waals surface area contributed by atoms with Crippen LogP contribution in [0.5, 0.6) is 0 Å². The van der Waals surface area contributed by atoms with Crippen LogP contribution < -0.4 is 5.32 Å². The largest absolute Gasteiger partial charge is 0.353 e. The molecule has 1 N–H and O–H groups in total. The smallest absolute Gasteiger partial charge is 0.220 e. The SMILES string of the molecule is CCC.CCCc1cc(C)ccc1C(=O)Cc1ccc(C2CC[C@@H](C)C2)c(F)c1.CC[C@@H]1CCC(=O)N1.[HH]. The number of ketones is 1. The van der Waals surface area contributed by atoms with E-state index in [0.717, 1.165) is 67.2 Å². The van der Waals surface area contributed by atoms with Gasteiger partial charge >= 0.3 is 0 Å². The number of Topliss-reactive ketones (excluding diaryl/α,β-unsaturated/α-hetero) is 1. The van der Waals surface area contributed by atoms with Gasteiger partial charge in [0.2, 0.25) is 5.91 Å². The summed E-state index contributed by atoms with van der Waals surface area (Å²) in [5.41, 5.74) is 4.66. The van der Waals surface area contributed by atoms with Crippen molar-refractivity contribution in [1.82, 2.24) is 5.32 Å². The molecule has 1 unspecified atom stereocenters. The van der Waals surface area contributed by atoms with Crippen LogP contribution in [0.1, 0.15) is 126 Å². The highest BCUT2D eigenvalue weighted by atomic mass is 19.1. The van der Waals surface area contributed by atoms with Gasteiger partial charge in [-0.3, -0.25) is 9.59 Å². The number of aryl methyl sites for hydroxylation is 2. The van der Waals surface area contributed by atoms with Crippen LogP contribution in [0.3, 0.4) is 0 Å². The molecule has 4 heteroatoms. The van der Waals surface area contributed by atoms with Gasteiger partial charge in [0.15, 0.2) is 5.78 Å². The average Bonchev–Trinajstić information content (AvgIpc) is 3.48. The normalized spacial score (nSPS) is 20.4. The van der Waals surface area contributed by atoms with E-state index in [0.29, 0.717) is 17.9 Å². The number of amides is 1. The van der Waals surface area contributed by atoms with Crippen molar-refractivity contribution in [1.29, 1.82) is 0 Å². The van der Waals surface area contributed by atoms with Crippen molar-refractivity contribution in [3.63, 3.8) is 0 Å². The van der Waals surface area contributed by atoms with E-state index in [1.54, 1.807) is 6.07 Å². The number of hydrogen-bond acceptors (Lipinski definition) is 2. The first-order valence-electron chi connectivity index (χ1n) is 14.4. The molecule has 2 aromatic carbocycles. The zero-order valence-electron chi connectivity index (χ0n) is 24.0. The summed E-state index contributed by atoms with van der Waals surface area (Å²) in [6, 6.07) is 11.9. The summed E-state index contributed by atoms with van der Waals surface area (Å²) in [6.07, 6.45) is 9.58. The quantitative estimate of drug-likeness (QED) is 0.378. The van der Waals surface area contributed by atoms with Crippen LogP contribution in [0.15, 0.2) is 36.4 Å². The fourth-order valence-electron chi connectivity index (χ4n) is 5.24. The second kappa shape index (κ2) is 15.7. The van der Waals surface area contributed by atoms with Crippen molar-refractivity contribution in [3.8, 4) is 0 Å². The maximum Gasteiger partial charge on any atom is 0.220 e.